The summed E-state index contributed by atoms with van der Waals surface area (Å²) in [6.07, 6.45) is 1.24. The lowest BCUT2D eigenvalue weighted by atomic mass is 10.1. The molecule has 25 heavy (non-hydrogen) atoms. The van der Waals surface area contributed by atoms with Gasteiger partial charge in [0, 0.05) is 18.2 Å². The lowest BCUT2D eigenvalue weighted by Gasteiger charge is -2.05. The fraction of sp³-hybridized carbons (Fsp3) is 0.176. The summed E-state index contributed by atoms with van der Waals surface area (Å²) in [7, 11) is 1.43. The summed E-state index contributed by atoms with van der Waals surface area (Å²) in [6.45, 7) is 1.78. The quantitative estimate of drug-likeness (QED) is 0.260. The van der Waals surface area contributed by atoms with E-state index >= 15 is 0 Å². The Kier molecular flexibility index (Phi) is 5.53. The highest BCUT2D eigenvalue weighted by Crippen LogP contribution is 2.34. The lowest BCUT2D eigenvalue weighted by Crippen LogP contribution is -2.05. The Bertz CT molecular complexity index is 876. The second kappa shape index (κ2) is 7.79. The summed E-state index contributed by atoms with van der Waals surface area (Å²) < 4.78 is 15.5. The first-order valence-corrected chi connectivity index (χ1v) is 7.21. The molecule has 0 radical (unpaired) electrons. The summed E-state index contributed by atoms with van der Waals surface area (Å²) in [4.78, 5) is 22.0. The number of non-ortho nitro benzene ring substituents is 1. The van der Waals surface area contributed by atoms with Crippen molar-refractivity contribution in [2.24, 2.45) is 0 Å². The minimum absolute atomic E-state index is 0.117. The van der Waals surface area contributed by atoms with Gasteiger partial charge in [0.1, 0.15) is 28.9 Å². The number of ether oxygens (including phenoxy) is 2. The molecule has 0 saturated carbocycles. The van der Waals surface area contributed by atoms with Crippen LogP contribution in [0.5, 0.6) is 5.75 Å². The van der Waals surface area contributed by atoms with Crippen LogP contribution in [0, 0.1) is 21.4 Å². The SMILES string of the molecule is CCOC(=O)C(C#N)=Cc1ccc(-c2cc([N+](=O)[O-])ccc2OC)o1. The molecule has 0 aliphatic carbocycles. The molecule has 0 aliphatic rings. The van der Waals surface area contributed by atoms with Crippen molar-refractivity contribution in [2.75, 3.05) is 13.7 Å². The Morgan fingerprint density at radius 3 is 2.76 bits per heavy atom. The predicted molar refractivity (Wildman–Crippen MR) is 87.6 cm³/mol. The average Bonchev–Trinajstić information content (AvgIpc) is 3.07. The number of benzene rings is 1. The normalized spacial score (nSPS) is 10.8. The van der Waals surface area contributed by atoms with E-state index in [2.05, 4.69) is 0 Å². The highest BCUT2D eigenvalue weighted by Gasteiger charge is 2.16. The summed E-state index contributed by atoms with van der Waals surface area (Å²) in [5.74, 6) is 0.165. The maximum Gasteiger partial charge on any atom is 0.349 e. The summed E-state index contributed by atoms with van der Waals surface area (Å²) >= 11 is 0. The van der Waals surface area contributed by atoms with Gasteiger partial charge in [-0.05, 0) is 25.1 Å². The zero-order valence-electron chi connectivity index (χ0n) is 13.5. The first-order chi connectivity index (χ1) is 12.0. The number of rotatable bonds is 6. The highest BCUT2D eigenvalue weighted by atomic mass is 16.6. The van der Waals surface area contributed by atoms with Crippen molar-refractivity contribution in [1.29, 1.82) is 5.26 Å². The van der Waals surface area contributed by atoms with Crippen molar-refractivity contribution in [3.05, 3.63) is 51.8 Å². The molecule has 0 fully saturated rings. The Hall–Kier alpha value is -3.60. The Labute approximate surface area is 143 Å². The molecule has 0 atom stereocenters. The number of carbonyl (C=O) groups excluding carboxylic acids is 1. The zero-order valence-corrected chi connectivity index (χ0v) is 13.5. The molecule has 0 aliphatic heterocycles. The van der Waals surface area contributed by atoms with E-state index in [1.54, 1.807) is 19.1 Å². The second-order valence-electron chi connectivity index (χ2n) is 4.73. The van der Waals surface area contributed by atoms with E-state index in [-0.39, 0.29) is 23.6 Å². The van der Waals surface area contributed by atoms with Crippen LogP contribution in [-0.4, -0.2) is 24.6 Å². The molecule has 0 bridgehead atoms. The van der Waals surface area contributed by atoms with Crippen LogP contribution in [-0.2, 0) is 9.53 Å². The largest absolute Gasteiger partial charge is 0.496 e. The van der Waals surface area contributed by atoms with E-state index in [0.717, 1.165) is 0 Å². The number of nitro benzene ring substituents is 1. The fourth-order valence-electron chi connectivity index (χ4n) is 2.07. The fourth-order valence-corrected chi connectivity index (χ4v) is 2.07. The summed E-state index contributed by atoms with van der Waals surface area (Å²) in [5, 5.41) is 20.0. The maximum absolute atomic E-state index is 11.6. The van der Waals surface area contributed by atoms with Crippen LogP contribution in [0.25, 0.3) is 17.4 Å². The predicted octanol–water partition coefficient (Wildman–Crippen LogP) is 3.33. The third-order valence-corrected chi connectivity index (χ3v) is 3.19. The van der Waals surface area contributed by atoms with Crippen molar-refractivity contribution in [3.8, 4) is 23.1 Å². The molecule has 128 valence electrons. The third kappa shape index (κ3) is 4.03. The lowest BCUT2D eigenvalue weighted by molar-refractivity contribution is -0.384. The van der Waals surface area contributed by atoms with Gasteiger partial charge < -0.3 is 13.9 Å². The van der Waals surface area contributed by atoms with E-state index in [0.29, 0.717) is 17.1 Å². The zero-order chi connectivity index (χ0) is 18.4. The van der Waals surface area contributed by atoms with Gasteiger partial charge >= 0.3 is 5.97 Å². The molecule has 0 spiro atoms. The highest BCUT2D eigenvalue weighted by molar-refractivity contribution is 5.97. The maximum atomic E-state index is 11.6. The van der Waals surface area contributed by atoms with E-state index < -0.39 is 10.9 Å². The van der Waals surface area contributed by atoms with Gasteiger partial charge in [-0.1, -0.05) is 0 Å². The number of nitriles is 1. The molecular weight excluding hydrogens is 328 g/mol. The Balaban J connectivity index is 2.42. The van der Waals surface area contributed by atoms with Crippen LogP contribution in [0.15, 0.2) is 40.3 Å². The topological polar surface area (TPSA) is 116 Å². The molecule has 0 amide bonds. The number of nitrogens with zero attached hydrogens (tertiary/aromatic N) is 2. The second-order valence-corrected chi connectivity index (χ2v) is 4.73. The molecule has 8 heteroatoms. The standard InChI is InChI=1S/C17H14N2O6/c1-3-24-17(20)11(10-18)8-13-5-7-16(25-13)14-9-12(19(21)22)4-6-15(14)23-2/h4-9H,3H2,1-2H3. The van der Waals surface area contributed by atoms with Crippen LogP contribution >= 0.6 is 0 Å². The van der Waals surface area contributed by atoms with Crippen LogP contribution in [0.4, 0.5) is 5.69 Å². The molecule has 8 nitrogen and oxygen atoms in total. The van der Waals surface area contributed by atoms with Gasteiger partial charge in [0.2, 0.25) is 0 Å². The number of hydrogen-bond acceptors (Lipinski definition) is 7. The van der Waals surface area contributed by atoms with Crippen LogP contribution in [0.3, 0.4) is 0 Å². The van der Waals surface area contributed by atoms with Crippen molar-refractivity contribution < 1.29 is 23.6 Å². The third-order valence-electron chi connectivity index (χ3n) is 3.19. The number of hydrogen-bond donors (Lipinski definition) is 0. The summed E-state index contributed by atoms with van der Waals surface area (Å²) in [5.41, 5.74) is 0.0493. The average molecular weight is 342 g/mol. The van der Waals surface area contributed by atoms with Gasteiger partial charge in [-0.3, -0.25) is 10.1 Å². The van der Waals surface area contributed by atoms with Gasteiger partial charge in [-0.2, -0.15) is 5.26 Å². The van der Waals surface area contributed by atoms with Crippen molar-refractivity contribution in [3.63, 3.8) is 0 Å². The van der Waals surface area contributed by atoms with E-state index in [9.17, 15) is 14.9 Å². The summed E-state index contributed by atoms with van der Waals surface area (Å²) in [6, 6.07) is 8.94. The molecule has 1 aromatic heterocycles. The smallest absolute Gasteiger partial charge is 0.349 e. The Morgan fingerprint density at radius 1 is 1.40 bits per heavy atom. The minimum atomic E-state index is -0.754. The van der Waals surface area contributed by atoms with E-state index in [1.165, 1.54) is 37.5 Å². The van der Waals surface area contributed by atoms with E-state index in [1.807, 2.05) is 0 Å². The molecular formula is C17H14N2O6. The molecule has 1 heterocycles. The number of furan rings is 1. The number of esters is 1. The van der Waals surface area contributed by atoms with Gasteiger partial charge in [0.25, 0.3) is 5.69 Å². The van der Waals surface area contributed by atoms with Crippen LogP contribution in [0.2, 0.25) is 0 Å². The van der Waals surface area contributed by atoms with Crippen molar-refractivity contribution in [2.45, 2.75) is 6.92 Å². The Morgan fingerprint density at radius 2 is 2.16 bits per heavy atom. The van der Waals surface area contributed by atoms with Crippen LogP contribution in [0.1, 0.15) is 12.7 Å². The van der Waals surface area contributed by atoms with Gasteiger partial charge in [-0.15, -0.1) is 0 Å². The first-order valence-electron chi connectivity index (χ1n) is 7.21. The van der Waals surface area contributed by atoms with Gasteiger partial charge in [0.05, 0.1) is 24.2 Å². The van der Waals surface area contributed by atoms with Crippen molar-refractivity contribution in [1.82, 2.24) is 0 Å². The van der Waals surface area contributed by atoms with Crippen LogP contribution < -0.4 is 4.74 Å². The minimum Gasteiger partial charge on any atom is -0.496 e. The van der Waals surface area contributed by atoms with E-state index in [4.69, 9.17) is 19.2 Å². The number of nitro groups is 1. The molecule has 0 unspecified atom stereocenters. The monoisotopic (exact) mass is 342 g/mol. The number of methoxy groups -OCH3 is 1. The van der Waals surface area contributed by atoms with Gasteiger partial charge in [-0.25, -0.2) is 4.79 Å². The first kappa shape index (κ1) is 17.7. The molecule has 0 N–H and O–H groups in total. The van der Waals surface area contributed by atoms with Gasteiger partial charge in [0.15, 0.2) is 0 Å². The number of carbonyl (C=O) groups is 1. The molecule has 0 saturated heterocycles. The molecule has 1 aromatic carbocycles. The molecule has 2 rings (SSSR count). The van der Waals surface area contributed by atoms with Crippen molar-refractivity contribution >= 4 is 17.7 Å². The molecule has 2 aromatic rings.